The number of halogens is 1. The van der Waals surface area contributed by atoms with Crippen LogP contribution in [0.2, 0.25) is 5.02 Å². The van der Waals surface area contributed by atoms with Crippen molar-refractivity contribution in [2.45, 2.75) is 25.3 Å². The first-order chi connectivity index (χ1) is 12.6. The molecule has 0 bridgehead atoms. The van der Waals surface area contributed by atoms with Crippen LogP contribution in [0.3, 0.4) is 0 Å². The Hall–Kier alpha value is -2.54. The van der Waals surface area contributed by atoms with Gasteiger partial charge in [-0.25, -0.2) is 4.79 Å². The Kier molecular flexibility index (Phi) is 4.55. The number of hydrogen-bond donors (Lipinski definition) is 2. The molecule has 1 aliphatic rings. The number of aryl methyl sites for hydroxylation is 1. The lowest BCUT2D eigenvalue weighted by atomic mass is 9.94. The average molecular weight is 373 g/mol. The Balaban J connectivity index is 1.38. The summed E-state index contributed by atoms with van der Waals surface area (Å²) in [7, 11) is 1.88. The minimum absolute atomic E-state index is 0.0566. The van der Waals surface area contributed by atoms with E-state index in [9.17, 15) is 4.79 Å². The molecule has 0 aliphatic carbocycles. The molecular formula is C18H21ClN6O. The zero-order valence-electron chi connectivity index (χ0n) is 14.6. The summed E-state index contributed by atoms with van der Waals surface area (Å²) >= 11 is 6.32. The Morgan fingerprint density at radius 1 is 1.35 bits per heavy atom. The molecule has 0 radical (unpaired) electrons. The van der Waals surface area contributed by atoms with Crippen molar-refractivity contribution in [2.24, 2.45) is 7.05 Å². The second-order valence-electron chi connectivity index (χ2n) is 6.64. The highest BCUT2D eigenvalue weighted by Gasteiger charge is 2.24. The zero-order chi connectivity index (χ0) is 18.1. The summed E-state index contributed by atoms with van der Waals surface area (Å²) in [5.41, 5.74) is 2.90. The summed E-state index contributed by atoms with van der Waals surface area (Å²) in [5, 5.41) is 16.1. The highest BCUT2D eigenvalue weighted by atomic mass is 35.5. The van der Waals surface area contributed by atoms with E-state index in [-0.39, 0.29) is 6.03 Å². The SMILES string of the molecule is Cn1nc(CNC(=O)N2CCC(c3ccn[nH]3)CC2)c2c(Cl)cccc21. The van der Waals surface area contributed by atoms with Crippen LogP contribution in [0.25, 0.3) is 10.9 Å². The maximum atomic E-state index is 12.5. The van der Waals surface area contributed by atoms with Crippen LogP contribution < -0.4 is 5.32 Å². The van der Waals surface area contributed by atoms with Crippen molar-refractivity contribution in [3.63, 3.8) is 0 Å². The number of urea groups is 1. The van der Waals surface area contributed by atoms with Crippen LogP contribution in [0, 0.1) is 0 Å². The maximum Gasteiger partial charge on any atom is 0.317 e. The smallest absolute Gasteiger partial charge is 0.317 e. The molecule has 2 aromatic heterocycles. The van der Waals surface area contributed by atoms with Crippen LogP contribution in [0.1, 0.15) is 30.1 Å². The van der Waals surface area contributed by atoms with Gasteiger partial charge in [-0.15, -0.1) is 0 Å². The number of H-pyrrole nitrogens is 1. The number of amides is 2. The van der Waals surface area contributed by atoms with Crippen molar-refractivity contribution in [1.82, 2.24) is 30.2 Å². The Morgan fingerprint density at radius 2 is 2.15 bits per heavy atom. The van der Waals surface area contributed by atoms with Gasteiger partial charge in [-0.2, -0.15) is 10.2 Å². The summed E-state index contributed by atoms with van der Waals surface area (Å²) in [5.74, 6) is 0.445. The van der Waals surface area contributed by atoms with Gasteiger partial charge in [-0.05, 0) is 31.0 Å². The van der Waals surface area contributed by atoms with E-state index < -0.39 is 0 Å². The lowest BCUT2D eigenvalue weighted by Gasteiger charge is -2.31. The van der Waals surface area contributed by atoms with Crippen molar-refractivity contribution in [3.05, 3.63) is 46.9 Å². The van der Waals surface area contributed by atoms with Crippen LogP contribution in [-0.4, -0.2) is 44.0 Å². The number of nitrogens with zero attached hydrogens (tertiary/aromatic N) is 4. The number of benzene rings is 1. The predicted octanol–water partition coefficient (Wildman–Crippen LogP) is 3.04. The van der Waals surface area contributed by atoms with Gasteiger partial charge in [0.2, 0.25) is 0 Å². The third kappa shape index (κ3) is 3.14. The van der Waals surface area contributed by atoms with Gasteiger partial charge in [0, 0.05) is 43.3 Å². The zero-order valence-corrected chi connectivity index (χ0v) is 15.3. The largest absolute Gasteiger partial charge is 0.332 e. The van der Waals surface area contributed by atoms with E-state index in [4.69, 9.17) is 11.6 Å². The second kappa shape index (κ2) is 6.99. The fraction of sp³-hybridized carbons (Fsp3) is 0.389. The number of aromatic nitrogens is 4. The van der Waals surface area contributed by atoms with E-state index in [0.717, 1.165) is 48.2 Å². The quantitative estimate of drug-likeness (QED) is 0.741. The van der Waals surface area contributed by atoms with Crippen LogP contribution >= 0.6 is 11.6 Å². The van der Waals surface area contributed by atoms with E-state index in [2.05, 4.69) is 20.6 Å². The molecule has 2 N–H and O–H groups in total. The summed E-state index contributed by atoms with van der Waals surface area (Å²) < 4.78 is 1.79. The molecule has 1 aliphatic heterocycles. The van der Waals surface area contributed by atoms with Crippen LogP contribution in [-0.2, 0) is 13.6 Å². The number of piperidine rings is 1. The molecule has 1 fully saturated rings. The third-order valence-electron chi connectivity index (χ3n) is 5.05. The van der Waals surface area contributed by atoms with Gasteiger partial charge >= 0.3 is 6.03 Å². The van der Waals surface area contributed by atoms with Gasteiger partial charge in [0.15, 0.2) is 0 Å². The summed E-state index contributed by atoms with van der Waals surface area (Å²) in [6, 6.07) is 7.67. The van der Waals surface area contributed by atoms with E-state index >= 15 is 0 Å². The fourth-order valence-corrected chi connectivity index (χ4v) is 3.91. The Labute approximate surface area is 156 Å². The monoisotopic (exact) mass is 372 g/mol. The van der Waals surface area contributed by atoms with Gasteiger partial charge in [0.25, 0.3) is 0 Å². The Morgan fingerprint density at radius 3 is 2.88 bits per heavy atom. The van der Waals surface area contributed by atoms with Gasteiger partial charge < -0.3 is 10.2 Å². The maximum absolute atomic E-state index is 12.5. The molecule has 26 heavy (non-hydrogen) atoms. The molecule has 2 amide bonds. The van der Waals surface area contributed by atoms with Gasteiger partial charge in [0.1, 0.15) is 0 Å². The molecule has 3 heterocycles. The van der Waals surface area contributed by atoms with Crippen LogP contribution in [0.5, 0.6) is 0 Å². The van der Waals surface area contributed by atoms with E-state index in [1.54, 1.807) is 10.9 Å². The van der Waals surface area contributed by atoms with Crippen molar-refractivity contribution < 1.29 is 4.79 Å². The molecule has 7 nitrogen and oxygen atoms in total. The number of likely N-dealkylation sites (tertiary alicyclic amines) is 1. The predicted molar refractivity (Wildman–Crippen MR) is 100 cm³/mol. The van der Waals surface area contributed by atoms with Crippen molar-refractivity contribution in [3.8, 4) is 0 Å². The number of fused-ring (bicyclic) bond motifs is 1. The Bertz CT molecular complexity index is 911. The highest BCUT2D eigenvalue weighted by molar-refractivity contribution is 6.35. The number of carbonyl (C=O) groups excluding carboxylic acids is 1. The van der Waals surface area contributed by atoms with Crippen molar-refractivity contribution in [1.29, 1.82) is 0 Å². The van der Waals surface area contributed by atoms with E-state index in [0.29, 0.717) is 17.5 Å². The van der Waals surface area contributed by atoms with Crippen molar-refractivity contribution in [2.75, 3.05) is 13.1 Å². The minimum atomic E-state index is -0.0566. The van der Waals surface area contributed by atoms with Crippen molar-refractivity contribution >= 4 is 28.5 Å². The van der Waals surface area contributed by atoms with E-state index in [1.807, 2.05) is 36.2 Å². The second-order valence-corrected chi connectivity index (χ2v) is 7.04. The summed E-state index contributed by atoms with van der Waals surface area (Å²) in [6.07, 6.45) is 3.65. The molecule has 3 aromatic rings. The minimum Gasteiger partial charge on any atom is -0.332 e. The first kappa shape index (κ1) is 16.9. The summed E-state index contributed by atoms with van der Waals surface area (Å²) in [6.45, 7) is 1.83. The molecule has 8 heteroatoms. The first-order valence-electron chi connectivity index (χ1n) is 8.75. The topological polar surface area (TPSA) is 78.8 Å². The molecule has 0 unspecified atom stereocenters. The van der Waals surface area contributed by atoms with E-state index in [1.165, 1.54) is 0 Å². The first-order valence-corrected chi connectivity index (χ1v) is 9.13. The van der Waals surface area contributed by atoms with Crippen LogP contribution in [0.4, 0.5) is 4.79 Å². The standard InChI is InChI=1S/C18H21ClN6O/c1-24-16-4-2-3-13(19)17(16)15(23-24)11-20-18(26)25-9-6-12(7-10-25)14-5-8-21-22-14/h2-5,8,12H,6-7,9-11H2,1H3,(H,20,26)(H,21,22). The lowest BCUT2D eigenvalue weighted by Crippen LogP contribution is -2.43. The molecule has 136 valence electrons. The lowest BCUT2D eigenvalue weighted by molar-refractivity contribution is 0.180. The van der Waals surface area contributed by atoms with Crippen LogP contribution in [0.15, 0.2) is 30.5 Å². The molecule has 0 atom stereocenters. The molecule has 1 saturated heterocycles. The average Bonchev–Trinajstić information content (AvgIpc) is 3.29. The summed E-state index contributed by atoms with van der Waals surface area (Å²) in [4.78, 5) is 14.4. The van der Waals surface area contributed by atoms with Gasteiger partial charge in [0.05, 0.1) is 22.8 Å². The number of hydrogen-bond acceptors (Lipinski definition) is 3. The third-order valence-corrected chi connectivity index (χ3v) is 5.37. The number of rotatable bonds is 3. The normalized spacial score (nSPS) is 15.5. The molecular weight excluding hydrogens is 352 g/mol. The molecule has 4 rings (SSSR count). The number of aromatic amines is 1. The number of nitrogens with one attached hydrogen (secondary N) is 2. The fourth-order valence-electron chi connectivity index (χ4n) is 3.64. The molecule has 0 spiro atoms. The number of carbonyl (C=O) groups is 1. The highest BCUT2D eigenvalue weighted by Crippen LogP contribution is 2.27. The van der Waals surface area contributed by atoms with Gasteiger partial charge in [-0.3, -0.25) is 9.78 Å². The van der Waals surface area contributed by atoms with Gasteiger partial charge in [-0.1, -0.05) is 17.7 Å². The molecule has 1 aromatic carbocycles. The molecule has 0 saturated carbocycles.